The van der Waals surface area contributed by atoms with Gasteiger partial charge in [0.05, 0.1) is 6.10 Å². The highest BCUT2D eigenvalue weighted by Gasteiger charge is 2.42. The van der Waals surface area contributed by atoms with Gasteiger partial charge in [-0.25, -0.2) is 0 Å². The van der Waals surface area contributed by atoms with Crippen LogP contribution in [0.2, 0.25) is 0 Å². The minimum absolute atomic E-state index is 0.147. The molecule has 1 aliphatic heterocycles. The van der Waals surface area contributed by atoms with Crippen molar-refractivity contribution in [2.75, 3.05) is 13.1 Å². The molecule has 1 aliphatic carbocycles. The molecule has 0 bridgehead atoms. The summed E-state index contributed by atoms with van der Waals surface area (Å²) in [4.78, 5) is 12.1. The standard InChI is InChI=1S/C8H12NO3/c10-5-12-8(6-1-2-6)9-3-7(11)4-9/h5,7-8,11H,1-4H2. The molecule has 0 aromatic carbocycles. The summed E-state index contributed by atoms with van der Waals surface area (Å²) in [6.07, 6.45) is 1.74. The van der Waals surface area contributed by atoms with Crippen molar-refractivity contribution in [3.8, 4) is 0 Å². The minimum Gasteiger partial charge on any atom is -0.448 e. The van der Waals surface area contributed by atoms with Gasteiger partial charge < -0.3 is 9.84 Å². The molecule has 1 saturated heterocycles. The van der Waals surface area contributed by atoms with Gasteiger partial charge in [0.2, 0.25) is 0 Å². The van der Waals surface area contributed by atoms with E-state index in [1.165, 1.54) is 5.92 Å². The fourth-order valence-corrected chi connectivity index (χ4v) is 1.49. The van der Waals surface area contributed by atoms with Crippen LogP contribution in [-0.2, 0) is 9.53 Å². The maximum atomic E-state index is 10.1. The fourth-order valence-electron chi connectivity index (χ4n) is 1.49. The highest BCUT2D eigenvalue weighted by molar-refractivity contribution is 5.39. The molecule has 1 atom stereocenters. The molecule has 1 radical (unpaired) electrons. The number of hydrogen-bond acceptors (Lipinski definition) is 4. The van der Waals surface area contributed by atoms with E-state index < -0.39 is 0 Å². The third kappa shape index (κ3) is 1.44. The number of aliphatic hydroxyl groups is 1. The number of rotatable bonds is 4. The van der Waals surface area contributed by atoms with Crippen LogP contribution in [0.1, 0.15) is 12.8 Å². The number of β-amino-alcohol motifs (C(OH)–C–C–N with tert-alkyl or cyclic N) is 1. The van der Waals surface area contributed by atoms with Crippen LogP contribution in [0.25, 0.3) is 0 Å². The first-order chi connectivity index (χ1) is 5.81. The van der Waals surface area contributed by atoms with E-state index in [1.807, 2.05) is 4.90 Å². The maximum absolute atomic E-state index is 10.1. The van der Waals surface area contributed by atoms with Crippen LogP contribution in [0.15, 0.2) is 0 Å². The Morgan fingerprint density at radius 1 is 1.58 bits per heavy atom. The zero-order chi connectivity index (χ0) is 8.55. The summed E-state index contributed by atoms with van der Waals surface area (Å²) < 4.78 is 4.92. The Morgan fingerprint density at radius 3 is 2.67 bits per heavy atom. The lowest BCUT2D eigenvalue weighted by molar-refractivity contribution is -0.152. The summed E-state index contributed by atoms with van der Waals surface area (Å²) in [6.45, 7) is 1.74. The van der Waals surface area contributed by atoms with E-state index in [2.05, 4.69) is 0 Å². The zero-order valence-electron chi connectivity index (χ0n) is 6.77. The summed E-state index contributed by atoms with van der Waals surface area (Å²) in [5.41, 5.74) is 0. The third-order valence-electron chi connectivity index (χ3n) is 2.29. The topological polar surface area (TPSA) is 49.8 Å². The van der Waals surface area contributed by atoms with Crippen molar-refractivity contribution in [2.45, 2.75) is 25.2 Å². The van der Waals surface area contributed by atoms with Gasteiger partial charge >= 0.3 is 0 Å². The van der Waals surface area contributed by atoms with Crippen molar-refractivity contribution in [1.29, 1.82) is 0 Å². The predicted octanol–water partition coefficient (Wildman–Crippen LogP) is -0.470. The van der Waals surface area contributed by atoms with Crippen molar-refractivity contribution < 1.29 is 14.6 Å². The quantitative estimate of drug-likeness (QED) is 0.579. The molecule has 2 rings (SSSR count). The molecule has 0 spiro atoms. The number of likely N-dealkylation sites (tertiary alicyclic amines) is 1. The number of hydrogen-bond donors (Lipinski definition) is 1. The lowest BCUT2D eigenvalue weighted by Gasteiger charge is -2.40. The molecule has 2 fully saturated rings. The van der Waals surface area contributed by atoms with Crippen molar-refractivity contribution >= 4 is 6.47 Å². The van der Waals surface area contributed by atoms with Crippen molar-refractivity contribution in [2.24, 2.45) is 0 Å². The van der Waals surface area contributed by atoms with Crippen LogP contribution in [-0.4, -0.2) is 41.9 Å². The first kappa shape index (κ1) is 8.01. The molecular formula is C8H12NO3. The average Bonchev–Trinajstić information content (AvgIpc) is 2.77. The molecule has 67 valence electrons. The highest BCUT2D eigenvalue weighted by Crippen LogP contribution is 2.39. The second-order valence-electron chi connectivity index (χ2n) is 3.35. The number of ether oxygens (including phenoxy) is 1. The minimum atomic E-state index is -0.234. The Labute approximate surface area is 71.1 Å². The van der Waals surface area contributed by atoms with Crippen LogP contribution in [0.4, 0.5) is 0 Å². The first-order valence-corrected chi connectivity index (χ1v) is 4.17. The normalized spacial score (nSPS) is 27.8. The Morgan fingerprint density at radius 2 is 2.25 bits per heavy atom. The van der Waals surface area contributed by atoms with Gasteiger partial charge in [0.15, 0.2) is 6.23 Å². The molecule has 1 N–H and O–H groups in total. The Kier molecular flexibility index (Phi) is 2.02. The van der Waals surface area contributed by atoms with E-state index in [-0.39, 0.29) is 12.3 Å². The van der Waals surface area contributed by atoms with E-state index in [0.717, 1.165) is 12.8 Å². The average molecular weight is 170 g/mol. The summed E-state index contributed by atoms with van der Waals surface area (Å²) in [6, 6.07) is 0. The van der Waals surface area contributed by atoms with Crippen molar-refractivity contribution in [3.05, 3.63) is 5.92 Å². The Balaban J connectivity index is 1.84. The molecule has 12 heavy (non-hydrogen) atoms. The van der Waals surface area contributed by atoms with E-state index in [0.29, 0.717) is 19.6 Å². The molecule has 1 unspecified atom stereocenters. The summed E-state index contributed by atoms with van der Waals surface area (Å²) in [5.74, 6) is 1.27. The summed E-state index contributed by atoms with van der Waals surface area (Å²) in [5, 5.41) is 9.04. The molecule has 0 aromatic rings. The van der Waals surface area contributed by atoms with Crippen molar-refractivity contribution in [1.82, 2.24) is 4.90 Å². The highest BCUT2D eigenvalue weighted by atomic mass is 16.5. The molecule has 1 saturated carbocycles. The molecule has 4 nitrogen and oxygen atoms in total. The van der Waals surface area contributed by atoms with Gasteiger partial charge in [0.1, 0.15) is 0 Å². The summed E-state index contributed by atoms with van der Waals surface area (Å²) >= 11 is 0. The summed E-state index contributed by atoms with van der Waals surface area (Å²) in [7, 11) is 0. The first-order valence-electron chi connectivity index (χ1n) is 4.17. The largest absolute Gasteiger partial charge is 0.448 e. The van der Waals surface area contributed by atoms with Crippen molar-refractivity contribution in [3.63, 3.8) is 0 Å². The molecule has 0 aromatic heterocycles. The van der Waals surface area contributed by atoms with Gasteiger partial charge in [-0.2, -0.15) is 0 Å². The van der Waals surface area contributed by atoms with E-state index >= 15 is 0 Å². The predicted molar refractivity (Wildman–Crippen MR) is 41.0 cm³/mol. The fraction of sp³-hybridized carbons (Fsp3) is 0.750. The van der Waals surface area contributed by atoms with Crippen LogP contribution in [0, 0.1) is 5.92 Å². The third-order valence-corrected chi connectivity index (χ3v) is 2.29. The van der Waals surface area contributed by atoms with E-state index in [4.69, 9.17) is 9.84 Å². The van der Waals surface area contributed by atoms with Crippen LogP contribution >= 0.6 is 0 Å². The smallest absolute Gasteiger partial charge is 0.294 e. The van der Waals surface area contributed by atoms with Gasteiger partial charge in [0.25, 0.3) is 6.47 Å². The second-order valence-corrected chi connectivity index (χ2v) is 3.35. The lowest BCUT2D eigenvalue weighted by atomic mass is 10.1. The zero-order valence-corrected chi connectivity index (χ0v) is 6.77. The van der Waals surface area contributed by atoms with E-state index in [1.54, 1.807) is 0 Å². The monoisotopic (exact) mass is 170 g/mol. The molecular weight excluding hydrogens is 158 g/mol. The van der Waals surface area contributed by atoms with Crippen LogP contribution in [0.5, 0.6) is 0 Å². The maximum Gasteiger partial charge on any atom is 0.294 e. The number of nitrogens with zero attached hydrogens (tertiary/aromatic N) is 1. The van der Waals surface area contributed by atoms with Gasteiger partial charge in [-0.05, 0) is 12.8 Å². The SMILES string of the molecule is O=COC([C]1CC1)N1CC(O)C1. The Bertz CT molecular complexity index is 175. The van der Waals surface area contributed by atoms with Crippen LogP contribution in [0.3, 0.4) is 0 Å². The molecule has 4 heteroatoms. The van der Waals surface area contributed by atoms with Crippen LogP contribution < -0.4 is 0 Å². The van der Waals surface area contributed by atoms with E-state index in [9.17, 15) is 4.79 Å². The van der Waals surface area contributed by atoms with Gasteiger partial charge in [-0.15, -0.1) is 0 Å². The van der Waals surface area contributed by atoms with Gasteiger partial charge in [-0.3, -0.25) is 9.69 Å². The van der Waals surface area contributed by atoms with Gasteiger partial charge in [0, 0.05) is 19.0 Å². The van der Waals surface area contributed by atoms with Gasteiger partial charge in [-0.1, -0.05) is 0 Å². The molecule has 0 amide bonds. The molecule has 2 aliphatic rings. The molecule has 1 heterocycles. The number of carbonyl (C=O) groups is 1. The Hall–Kier alpha value is -0.610. The lowest BCUT2D eigenvalue weighted by Crippen LogP contribution is -2.56. The number of aliphatic hydroxyl groups excluding tert-OH is 1. The number of carbonyl (C=O) groups excluding carboxylic acids is 1. The second kappa shape index (κ2) is 3.03.